The van der Waals surface area contributed by atoms with Gasteiger partial charge < -0.3 is 5.32 Å². The second-order valence-electron chi connectivity index (χ2n) is 5.54. The van der Waals surface area contributed by atoms with Crippen LogP contribution in [-0.2, 0) is 16.6 Å². The van der Waals surface area contributed by atoms with E-state index >= 15 is 0 Å². The van der Waals surface area contributed by atoms with Crippen molar-refractivity contribution in [1.82, 2.24) is 10.3 Å². The molecule has 1 aliphatic carbocycles. The minimum atomic E-state index is -3.29. The molecule has 1 heterocycles. The predicted molar refractivity (Wildman–Crippen MR) is 84.6 cm³/mol. The normalized spacial score (nSPS) is 15.3. The van der Waals surface area contributed by atoms with Gasteiger partial charge in [0.15, 0.2) is 0 Å². The summed E-state index contributed by atoms with van der Waals surface area (Å²) in [5.41, 5.74) is 2.15. The zero-order chi connectivity index (χ0) is 14.9. The predicted octanol–water partition coefficient (Wildman–Crippen LogP) is 2.11. The van der Waals surface area contributed by atoms with E-state index < -0.39 is 10.0 Å². The first-order chi connectivity index (χ1) is 10.1. The number of pyridine rings is 1. The quantitative estimate of drug-likeness (QED) is 0.857. The Kier molecular flexibility index (Phi) is 3.82. The van der Waals surface area contributed by atoms with E-state index in [2.05, 4.69) is 15.0 Å². The summed E-state index contributed by atoms with van der Waals surface area (Å²) in [6.45, 7) is 0.652. The van der Waals surface area contributed by atoms with Crippen molar-refractivity contribution < 1.29 is 8.42 Å². The molecule has 2 aromatic rings. The van der Waals surface area contributed by atoms with Gasteiger partial charge in [-0.3, -0.25) is 4.72 Å². The van der Waals surface area contributed by atoms with Crippen molar-refractivity contribution in [3.8, 4) is 0 Å². The molecule has 0 saturated heterocycles. The maximum atomic E-state index is 12.2. The molecule has 1 aromatic carbocycles. The van der Waals surface area contributed by atoms with Crippen LogP contribution >= 0.6 is 0 Å². The lowest BCUT2D eigenvalue weighted by Gasteiger charge is -2.11. The Morgan fingerprint density at radius 3 is 2.76 bits per heavy atom. The number of nitrogens with zero attached hydrogens (tertiary/aromatic N) is 1. The number of fused-ring (bicyclic) bond motifs is 1. The largest absolute Gasteiger partial charge is 0.314 e. The minimum absolute atomic E-state index is 0.208. The van der Waals surface area contributed by atoms with Crippen LogP contribution in [-0.4, -0.2) is 26.2 Å². The Morgan fingerprint density at radius 2 is 2.05 bits per heavy atom. The minimum Gasteiger partial charge on any atom is -0.314 e. The van der Waals surface area contributed by atoms with Crippen molar-refractivity contribution in [2.45, 2.75) is 19.4 Å². The van der Waals surface area contributed by atoms with E-state index in [0.717, 1.165) is 23.9 Å². The average Bonchev–Trinajstić information content (AvgIpc) is 3.22. The van der Waals surface area contributed by atoms with Gasteiger partial charge in [0, 0.05) is 11.9 Å². The molecule has 0 aliphatic heterocycles. The van der Waals surface area contributed by atoms with Crippen molar-refractivity contribution in [3.05, 3.63) is 36.0 Å². The van der Waals surface area contributed by atoms with Gasteiger partial charge in [0.05, 0.1) is 22.7 Å². The van der Waals surface area contributed by atoms with Crippen molar-refractivity contribution in [3.63, 3.8) is 0 Å². The fourth-order valence-corrected chi connectivity index (χ4v) is 3.89. The summed E-state index contributed by atoms with van der Waals surface area (Å²) in [5.74, 6) is 0.532. The molecule has 0 atom stereocenters. The molecule has 6 heteroatoms. The summed E-state index contributed by atoms with van der Waals surface area (Å²) < 4.78 is 27.0. The fourth-order valence-electron chi connectivity index (χ4n) is 2.35. The summed E-state index contributed by atoms with van der Waals surface area (Å²) in [5, 5.41) is 3.98. The number of hydrogen-bond acceptors (Lipinski definition) is 4. The first-order valence-corrected chi connectivity index (χ1v) is 8.76. The number of benzene rings is 1. The first-order valence-electron chi connectivity index (χ1n) is 7.11. The molecule has 0 radical (unpaired) electrons. The molecule has 0 unspecified atom stereocenters. The van der Waals surface area contributed by atoms with Gasteiger partial charge in [-0.15, -0.1) is 0 Å². The van der Waals surface area contributed by atoms with Gasteiger partial charge in [-0.1, -0.05) is 18.2 Å². The van der Waals surface area contributed by atoms with Crippen molar-refractivity contribution in [1.29, 1.82) is 0 Å². The van der Waals surface area contributed by atoms with Gasteiger partial charge in [0.25, 0.3) is 0 Å². The number of anilines is 1. The monoisotopic (exact) mass is 305 g/mol. The smallest absolute Gasteiger partial charge is 0.233 e. The highest BCUT2D eigenvalue weighted by Crippen LogP contribution is 2.31. The highest BCUT2D eigenvalue weighted by molar-refractivity contribution is 7.92. The second kappa shape index (κ2) is 5.61. The van der Waals surface area contributed by atoms with Gasteiger partial charge in [-0.2, -0.15) is 0 Å². The van der Waals surface area contributed by atoms with E-state index in [9.17, 15) is 8.42 Å². The van der Waals surface area contributed by atoms with Gasteiger partial charge in [0.2, 0.25) is 10.0 Å². The molecule has 112 valence electrons. The van der Waals surface area contributed by atoms with E-state index in [1.165, 1.54) is 0 Å². The Labute approximate surface area is 124 Å². The number of sulfonamides is 1. The molecule has 0 bridgehead atoms. The summed E-state index contributed by atoms with van der Waals surface area (Å²) in [7, 11) is -1.44. The number of para-hydroxylation sites is 1. The van der Waals surface area contributed by atoms with E-state index in [1.807, 2.05) is 31.3 Å². The van der Waals surface area contributed by atoms with E-state index in [4.69, 9.17) is 0 Å². The van der Waals surface area contributed by atoms with E-state index in [-0.39, 0.29) is 5.75 Å². The SMILES string of the molecule is CNCc1ccc2cccc(NS(=O)(=O)CC3CC3)c2n1. The molecule has 1 aliphatic rings. The number of aromatic nitrogens is 1. The summed E-state index contributed by atoms with van der Waals surface area (Å²) >= 11 is 0. The van der Waals surface area contributed by atoms with Crippen LogP contribution in [0.1, 0.15) is 18.5 Å². The zero-order valence-corrected chi connectivity index (χ0v) is 12.8. The molecule has 1 saturated carbocycles. The lowest BCUT2D eigenvalue weighted by molar-refractivity contribution is 0.597. The van der Waals surface area contributed by atoms with Crippen molar-refractivity contribution >= 4 is 26.6 Å². The van der Waals surface area contributed by atoms with E-state index in [0.29, 0.717) is 23.7 Å². The number of hydrogen-bond donors (Lipinski definition) is 2. The van der Waals surface area contributed by atoms with Crippen LogP contribution in [0.5, 0.6) is 0 Å². The summed E-state index contributed by atoms with van der Waals surface area (Å²) in [6, 6.07) is 9.46. The van der Waals surface area contributed by atoms with E-state index in [1.54, 1.807) is 6.07 Å². The van der Waals surface area contributed by atoms with Crippen LogP contribution in [0.2, 0.25) is 0 Å². The number of rotatable bonds is 6. The number of nitrogens with one attached hydrogen (secondary N) is 2. The summed E-state index contributed by atoms with van der Waals surface area (Å²) in [4.78, 5) is 4.55. The maximum Gasteiger partial charge on any atom is 0.233 e. The third kappa shape index (κ3) is 3.51. The van der Waals surface area contributed by atoms with Crippen molar-refractivity contribution in [2.75, 3.05) is 17.5 Å². The van der Waals surface area contributed by atoms with Crippen LogP contribution in [0, 0.1) is 5.92 Å². The fraction of sp³-hybridized carbons (Fsp3) is 0.400. The lowest BCUT2D eigenvalue weighted by atomic mass is 10.2. The molecule has 1 aromatic heterocycles. The Morgan fingerprint density at radius 1 is 1.24 bits per heavy atom. The molecule has 0 amide bonds. The second-order valence-corrected chi connectivity index (χ2v) is 7.30. The van der Waals surface area contributed by atoms with Crippen LogP contribution in [0.15, 0.2) is 30.3 Å². The van der Waals surface area contributed by atoms with Crippen molar-refractivity contribution in [2.24, 2.45) is 5.92 Å². The molecule has 21 heavy (non-hydrogen) atoms. The Balaban J connectivity index is 1.94. The zero-order valence-electron chi connectivity index (χ0n) is 12.0. The van der Waals surface area contributed by atoms with Crippen LogP contribution < -0.4 is 10.0 Å². The van der Waals surface area contributed by atoms with Crippen LogP contribution in [0.3, 0.4) is 0 Å². The maximum absolute atomic E-state index is 12.2. The molecule has 5 nitrogen and oxygen atoms in total. The van der Waals surface area contributed by atoms with Crippen LogP contribution in [0.25, 0.3) is 10.9 Å². The van der Waals surface area contributed by atoms with Gasteiger partial charge in [-0.05, 0) is 37.9 Å². The third-order valence-corrected chi connectivity index (χ3v) is 4.99. The molecular formula is C15H19N3O2S. The van der Waals surface area contributed by atoms with Gasteiger partial charge >= 0.3 is 0 Å². The van der Waals surface area contributed by atoms with Crippen LogP contribution in [0.4, 0.5) is 5.69 Å². The average molecular weight is 305 g/mol. The molecular weight excluding hydrogens is 286 g/mol. The highest BCUT2D eigenvalue weighted by Gasteiger charge is 2.28. The molecule has 0 spiro atoms. The molecule has 3 rings (SSSR count). The first kappa shape index (κ1) is 14.3. The Hall–Kier alpha value is -1.66. The topological polar surface area (TPSA) is 71.1 Å². The third-order valence-electron chi connectivity index (χ3n) is 3.55. The molecule has 1 fully saturated rings. The lowest BCUT2D eigenvalue weighted by Crippen LogP contribution is -2.18. The van der Waals surface area contributed by atoms with Gasteiger partial charge in [-0.25, -0.2) is 13.4 Å². The van der Waals surface area contributed by atoms with Gasteiger partial charge in [0.1, 0.15) is 0 Å². The standard InChI is InChI=1S/C15H19N3O2S/c1-16-9-13-8-7-12-3-2-4-14(15(12)17-13)18-21(19,20)10-11-5-6-11/h2-4,7-8,11,16,18H,5-6,9-10H2,1H3. The highest BCUT2D eigenvalue weighted by atomic mass is 32.2. The Bertz CT molecular complexity index is 755. The molecule has 2 N–H and O–H groups in total. The summed E-state index contributed by atoms with van der Waals surface area (Å²) in [6.07, 6.45) is 2.03.